The van der Waals surface area contributed by atoms with E-state index in [-0.39, 0.29) is 0 Å². The van der Waals surface area contributed by atoms with E-state index in [1.165, 1.54) is 0 Å². The third-order valence-corrected chi connectivity index (χ3v) is 0.658. The van der Waals surface area contributed by atoms with Gasteiger partial charge in [-0.15, -0.1) is 0 Å². The highest BCUT2D eigenvalue weighted by atomic mass is 17.5. The molecule has 0 rings (SSSR count). The lowest BCUT2D eigenvalue weighted by molar-refractivity contribution is -0.455. The van der Waals surface area contributed by atoms with Gasteiger partial charge in [0, 0.05) is 13.8 Å². The van der Waals surface area contributed by atoms with Crippen molar-refractivity contribution in [1.29, 1.82) is 0 Å². The van der Waals surface area contributed by atoms with Gasteiger partial charge in [0.1, 0.15) is 0 Å². The van der Waals surface area contributed by atoms with Gasteiger partial charge in [-0.2, -0.15) is 0 Å². The second-order valence-electron chi connectivity index (χ2n) is 1.92. The zero-order valence-corrected chi connectivity index (χ0v) is 7.67. The highest BCUT2D eigenvalue weighted by molar-refractivity contribution is 5.80. The quantitative estimate of drug-likeness (QED) is 0.280. The summed E-state index contributed by atoms with van der Waals surface area (Å²) in [4.78, 5) is 48.2. The van der Waals surface area contributed by atoms with Crippen molar-refractivity contribution in [2.75, 3.05) is 0 Å². The molecule has 0 heterocycles. The zero-order chi connectivity index (χ0) is 11.8. The summed E-state index contributed by atoms with van der Waals surface area (Å²) in [5.41, 5.74) is 0. The number of ether oxygens (including phenoxy) is 2. The van der Waals surface area contributed by atoms with E-state index in [1.807, 2.05) is 0 Å². The van der Waals surface area contributed by atoms with Gasteiger partial charge < -0.3 is 9.47 Å². The molecule has 0 atom stereocenters. The Bertz CT molecular complexity index is 252. The van der Waals surface area contributed by atoms with Crippen molar-refractivity contribution in [3.63, 3.8) is 0 Å². The maximum atomic E-state index is 10.4. The van der Waals surface area contributed by atoms with Crippen LogP contribution in [0.4, 0.5) is 9.59 Å². The molecule has 0 unspecified atom stereocenters. The van der Waals surface area contributed by atoms with Crippen LogP contribution in [0, 0.1) is 0 Å². The predicted octanol–water partition coefficient (Wildman–Crippen LogP) is 0.232. The number of carbonyl (C=O) groups excluding carboxylic acids is 4. The molecule has 0 radical (unpaired) electrons. The summed E-state index contributed by atoms with van der Waals surface area (Å²) in [6.45, 7) is 1.87. The van der Waals surface area contributed by atoms with E-state index < -0.39 is 24.2 Å². The van der Waals surface area contributed by atoms with E-state index in [2.05, 4.69) is 24.3 Å². The maximum absolute atomic E-state index is 10.4. The molecular weight excluding hydrogens is 216 g/mol. The molecule has 0 amide bonds. The van der Waals surface area contributed by atoms with Crippen LogP contribution in [0.2, 0.25) is 0 Å². The Morgan fingerprint density at radius 2 is 1.07 bits per heavy atom. The molecule has 0 aliphatic rings. The van der Waals surface area contributed by atoms with Crippen molar-refractivity contribution in [2.45, 2.75) is 13.8 Å². The monoisotopic (exact) mass is 222 g/mol. The van der Waals surface area contributed by atoms with E-state index in [0.717, 1.165) is 13.8 Å². The minimum absolute atomic E-state index is 0.937. The standard InChI is InChI=1S/C6H6O9/c1-3(7)11-5(9)13-15-14-6(10)12-4(2)8/h1-2H3. The Kier molecular flexibility index (Phi) is 5.41. The van der Waals surface area contributed by atoms with Crippen molar-refractivity contribution >= 4 is 24.2 Å². The molecule has 0 N–H and O–H groups in total. The number of hydrogen-bond acceptors (Lipinski definition) is 9. The average molecular weight is 222 g/mol. The topological polar surface area (TPSA) is 114 Å². The molecular formula is C6H6O9. The largest absolute Gasteiger partial charge is 0.551 e. The van der Waals surface area contributed by atoms with Gasteiger partial charge in [-0.25, -0.2) is 19.4 Å². The van der Waals surface area contributed by atoms with Crippen LogP contribution in [-0.4, -0.2) is 24.2 Å². The van der Waals surface area contributed by atoms with Crippen LogP contribution in [0.1, 0.15) is 13.8 Å². The van der Waals surface area contributed by atoms with Crippen molar-refractivity contribution < 1.29 is 43.5 Å². The smallest absolute Gasteiger partial charge is 0.359 e. The maximum Gasteiger partial charge on any atom is 0.551 e. The fourth-order valence-corrected chi connectivity index (χ4v) is 0.341. The second kappa shape index (κ2) is 6.32. The van der Waals surface area contributed by atoms with E-state index in [9.17, 15) is 19.2 Å². The lowest BCUT2D eigenvalue weighted by atomic mass is 10.8. The Labute approximate surface area is 82.6 Å². The number of esters is 2. The fourth-order valence-electron chi connectivity index (χ4n) is 0.341. The first-order chi connectivity index (χ1) is 6.91. The van der Waals surface area contributed by atoms with Gasteiger partial charge in [-0.1, -0.05) is 0 Å². The van der Waals surface area contributed by atoms with Crippen LogP contribution >= 0.6 is 0 Å². The Hall–Kier alpha value is -2.16. The molecule has 0 aliphatic heterocycles. The van der Waals surface area contributed by atoms with Crippen LogP contribution in [0.3, 0.4) is 0 Å². The van der Waals surface area contributed by atoms with Crippen molar-refractivity contribution in [3.05, 3.63) is 0 Å². The lowest BCUT2D eigenvalue weighted by Gasteiger charge is -1.99. The molecule has 9 nitrogen and oxygen atoms in total. The van der Waals surface area contributed by atoms with Crippen molar-refractivity contribution in [3.8, 4) is 0 Å². The van der Waals surface area contributed by atoms with E-state index in [1.54, 1.807) is 0 Å². The number of rotatable bonds is 2. The molecule has 9 heteroatoms. The molecule has 0 fully saturated rings. The average Bonchev–Trinajstić information content (AvgIpc) is 2.00. The molecule has 0 aliphatic carbocycles. The Morgan fingerprint density at radius 3 is 1.33 bits per heavy atom. The van der Waals surface area contributed by atoms with Gasteiger partial charge in [0.15, 0.2) is 0 Å². The first kappa shape index (κ1) is 12.8. The molecule has 15 heavy (non-hydrogen) atoms. The van der Waals surface area contributed by atoms with E-state index >= 15 is 0 Å². The third-order valence-electron chi connectivity index (χ3n) is 0.658. The molecule has 84 valence electrons. The summed E-state index contributed by atoms with van der Waals surface area (Å²) in [5, 5.41) is 3.51. The van der Waals surface area contributed by atoms with Crippen molar-refractivity contribution in [2.24, 2.45) is 0 Å². The SMILES string of the molecule is CC(=O)OC(=O)OOOC(=O)OC(C)=O. The van der Waals surface area contributed by atoms with Crippen LogP contribution in [0.25, 0.3) is 0 Å². The van der Waals surface area contributed by atoms with Gasteiger partial charge in [0.2, 0.25) is 0 Å². The summed E-state index contributed by atoms with van der Waals surface area (Å²) in [6, 6.07) is 0. The highest BCUT2D eigenvalue weighted by Crippen LogP contribution is 1.92. The molecule has 0 bridgehead atoms. The minimum Gasteiger partial charge on any atom is -0.359 e. The summed E-state index contributed by atoms with van der Waals surface area (Å²) in [5.74, 6) is -1.90. The van der Waals surface area contributed by atoms with Crippen molar-refractivity contribution in [1.82, 2.24) is 0 Å². The van der Waals surface area contributed by atoms with Gasteiger partial charge in [-0.3, -0.25) is 9.59 Å². The minimum atomic E-state index is -1.54. The molecule has 0 saturated heterocycles. The Morgan fingerprint density at radius 1 is 0.733 bits per heavy atom. The summed E-state index contributed by atoms with van der Waals surface area (Å²) < 4.78 is 7.58. The van der Waals surface area contributed by atoms with Crippen LogP contribution in [0.5, 0.6) is 0 Å². The molecule has 0 saturated carbocycles. The zero-order valence-electron chi connectivity index (χ0n) is 7.67. The molecule has 0 aromatic carbocycles. The second-order valence-corrected chi connectivity index (χ2v) is 1.92. The lowest BCUT2D eigenvalue weighted by Crippen LogP contribution is -2.15. The predicted molar refractivity (Wildman–Crippen MR) is 37.6 cm³/mol. The van der Waals surface area contributed by atoms with Gasteiger partial charge >= 0.3 is 24.2 Å². The van der Waals surface area contributed by atoms with Gasteiger partial charge in [0.25, 0.3) is 0 Å². The number of hydrogen-bond donors (Lipinski definition) is 0. The van der Waals surface area contributed by atoms with Crippen LogP contribution < -0.4 is 0 Å². The summed E-state index contributed by atoms with van der Waals surface area (Å²) >= 11 is 0. The summed E-state index contributed by atoms with van der Waals surface area (Å²) in [6.07, 6.45) is -3.09. The number of carbonyl (C=O) groups is 4. The van der Waals surface area contributed by atoms with E-state index in [0.29, 0.717) is 0 Å². The highest BCUT2D eigenvalue weighted by Gasteiger charge is 2.13. The first-order valence-corrected chi connectivity index (χ1v) is 3.37. The van der Waals surface area contributed by atoms with Gasteiger partial charge in [-0.05, 0) is 0 Å². The van der Waals surface area contributed by atoms with Crippen LogP contribution in [0.15, 0.2) is 0 Å². The third kappa shape index (κ3) is 8.18. The summed E-state index contributed by atoms with van der Waals surface area (Å²) in [7, 11) is 0. The van der Waals surface area contributed by atoms with Crippen LogP contribution in [-0.2, 0) is 33.9 Å². The van der Waals surface area contributed by atoms with Gasteiger partial charge in [0.05, 0.1) is 5.04 Å². The fraction of sp³-hybridized carbons (Fsp3) is 0.333. The Balaban J connectivity index is 3.61. The van der Waals surface area contributed by atoms with E-state index in [4.69, 9.17) is 0 Å². The normalized spacial score (nSPS) is 8.67. The first-order valence-electron chi connectivity index (χ1n) is 3.37. The molecule has 0 aromatic rings. The molecule has 0 spiro atoms. The molecule has 0 aromatic heterocycles.